The van der Waals surface area contributed by atoms with E-state index in [9.17, 15) is 21.6 Å². The number of aryl methyl sites for hydroxylation is 1. The first-order valence-corrected chi connectivity index (χ1v) is 10.2. The molecule has 0 bridgehead atoms. The molecule has 0 saturated carbocycles. The third kappa shape index (κ3) is 9.23. The Bertz CT molecular complexity index is 744. The average molecular weight is 366 g/mol. The molecule has 130 valence electrons. The largest absolute Gasteiger partial charge is 0.359 e. The van der Waals surface area contributed by atoms with Crippen molar-refractivity contribution in [2.45, 2.75) is 19.3 Å². The van der Waals surface area contributed by atoms with Gasteiger partial charge in [-0.3, -0.25) is 9.17 Å². The van der Waals surface area contributed by atoms with E-state index in [4.69, 9.17) is 0 Å². The maximum atomic E-state index is 11.7. The van der Waals surface area contributed by atoms with Gasteiger partial charge in [0.25, 0.3) is 10.1 Å². The summed E-state index contributed by atoms with van der Waals surface area (Å²) in [5, 5.41) is 0. The molecule has 1 aromatic heterocycles. The summed E-state index contributed by atoms with van der Waals surface area (Å²) < 4.78 is 47.9. The monoisotopic (exact) mass is 366 g/mol. The Morgan fingerprint density at radius 1 is 1.17 bits per heavy atom. The fraction of sp³-hybridized carbons (Fsp3) is 0.500. The van der Waals surface area contributed by atoms with E-state index in [1.807, 2.05) is 0 Å². The predicted molar refractivity (Wildman–Crippen MR) is 81.4 cm³/mol. The molecule has 0 saturated heterocycles. The summed E-state index contributed by atoms with van der Waals surface area (Å²) in [4.78, 5) is 21.6. The summed E-state index contributed by atoms with van der Waals surface area (Å²) in [5.74, 6) is -0.870. The summed E-state index contributed by atoms with van der Waals surface area (Å²) in [5.41, 5.74) is 0.837. The smallest absolute Gasteiger partial charge is 0.351 e. The number of sulfonamides is 1. The molecular weight excluding hydrogens is 348 g/mol. The molecule has 0 atom stereocenters. The van der Waals surface area contributed by atoms with Crippen LogP contribution >= 0.6 is 0 Å². The van der Waals surface area contributed by atoms with Crippen molar-refractivity contribution in [2.24, 2.45) is 0 Å². The van der Waals surface area contributed by atoms with Crippen LogP contribution in [0, 0.1) is 0 Å². The Balaban J connectivity index is 2.48. The molecule has 0 aliphatic carbocycles. The molecule has 23 heavy (non-hydrogen) atoms. The van der Waals surface area contributed by atoms with Crippen LogP contribution in [0.4, 0.5) is 0 Å². The van der Waals surface area contributed by atoms with Gasteiger partial charge in [-0.05, 0) is 35.8 Å². The number of rotatable bonds is 9. The van der Waals surface area contributed by atoms with Crippen molar-refractivity contribution in [3.8, 4) is 0 Å². The summed E-state index contributed by atoms with van der Waals surface area (Å²) in [7, 11) is -7.08. The predicted octanol–water partition coefficient (Wildman–Crippen LogP) is 0.00150. The highest BCUT2D eigenvalue weighted by Crippen LogP contribution is 2.08. The SMILES string of the molecule is CS(=O)(=O)NOC(=O)c1cncc(CCCCOS(C)(=O)=O)c1. The number of hydrogen-bond donors (Lipinski definition) is 1. The minimum atomic E-state index is -3.65. The van der Waals surface area contributed by atoms with Crippen LogP contribution in [-0.4, -0.2) is 46.9 Å². The van der Waals surface area contributed by atoms with Crippen molar-refractivity contribution in [1.82, 2.24) is 9.87 Å². The van der Waals surface area contributed by atoms with Crippen molar-refractivity contribution < 1.29 is 30.7 Å². The van der Waals surface area contributed by atoms with E-state index in [1.54, 1.807) is 11.1 Å². The zero-order valence-corrected chi connectivity index (χ0v) is 14.3. The number of carbonyl (C=O) groups is 1. The lowest BCUT2D eigenvalue weighted by Crippen LogP contribution is -2.26. The molecule has 1 aromatic rings. The fourth-order valence-corrected chi connectivity index (χ4v) is 2.20. The van der Waals surface area contributed by atoms with Gasteiger partial charge < -0.3 is 4.84 Å². The number of hydrogen-bond acceptors (Lipinski definition) is 8. The molecule has 0 aliphatic heterocycles. The van der Waals surface area contributed by atoms with E-state index in [-0.39, 0.29) is 12.2 Å². The average Bonchev–Trinajstić information content (AvgIpc) is 2.42. The van der Waals surface area contributed by atoms with Gasteiger partial charge in [-0.1, -0.05) is 0 Å². The Kier molecular flexibility index (Phi) is 7.06. The topological polar surface area (TPSA) is 129 Å². The number of unbranched alkanes of at least 4 members (excludes halogenated alkanes) is 1. The molecule has 0 aliphatic rings. The van der Waals surface area contributed by atoms with Gasteiger partial charge in [-0.25, -0.2) is 13.2 Å². The van der Waals surface area contributed by atoms with Crippen LogP contribution in [0.3, 0.4) is 0 Å². The fourth-order valence-electron chi connectivity index (χ4n) is 1.55. The lowest BCUT2D eigenvalue weighted by molar-refractivity contribution is 0.0408. The van der Waals surface area contributed by atoms with Gasteiger partial charge in [-0.15, -0.1) is 0 Å². The van der Waals surface area contributed by atoms with Crippen LogP contribution in [0.25, 0.3) is 0 Å². The molecule has 0 aromatic carbocycles. The molecule has 11 heteroatoms. The third-order valence-electron chi connectivity index (χ3n) is 2.47. The first-order valence-electron chi connectivity index (χ1n) is 6.53. The Hall–Kier alpha value is -1.56. The first-order chi connectivity index (χ1) is 10.6. The molecule has 9 nitrogen and oxygen atoms in total. The first kappa shape index (κ1) is 19.5. The van der Waals surface area contributed by atoms with E-state index in [2.05, 4.69) is 14.0 Å². The van der Waals surface area contributed by atoms with Gasteiger partial charge in [-0.2, -0.15) is 8.42 Å². The minimum Gasteiger partial charge on any atom is -0.351 e. The normalized spacial score (nSPS) is 12.1. The molecule has 1 N–H and O–H groups in total. The third-order valence-corrected chi connectivity index (χ3v) is 3.45. The Labute approximate surface area is 135 Å². The highest BCUT2D eigenvalue weighted by atomic mass is 32.2. The van der Waals surface area contributed by atoms with Crippen LogP contribution < -0.4 is 4.89 Å². The standard InChI is InChI=1S/C12H18N2O7S2/c1-22(16,17)14-21-12(15)11-7-10(8-13-9-11)5-3-4-6-20-23(2,18)19/h7-9,14H,3-6H2,1-2H3. The maximum Gasteiger partial charge on any atom is 0.359 e. The van der Waals surface area contributed by atoms with Crippen LogP contribution in [0.15, 0.2) is 18.5 Å². The molecule has 0 unspecified atom stereocenters. The molecule has 1 rings (SSSR count). The van der Waals surface area contributed by atoms with Gasteiger partial charge in [0.1, 0.15) is 0 Å². The molecule has 0 spiro atoms. The minimum absolute atomic E-state index is 0.0896. The second-order valence-electron chi connectivity index (χ2n) is 4.81. The van der Waals surface area contributed by atoms with Crippen LogP contribution in [0.2, 0.25) is 0 Å². The molecular formula is C12H18N2O7S2. The Morgan fingerprint density at radius 3 is 2.48 bits per heavy atom. The van der Waals surface area contributed by atoms with E-state index in [0.29, 0.717) is 19.3 Å². The molecule has 0 radical (unpaired) electrons. The van der Waals surface area contributed by atoms with Gasteiger partial charge in [0.2, 0.25) is 10.0 Å². The summed E-state index contributed by atoms with van der Waals surface area (Å²) in [6, 6.07) is 1.52. The molecule has 1 heterocycles. The van der Waals surface area contributed by atoms with Crippen molar-refractivity contribution in [1.29, 1.82) is 0 Å². The zero-order chi connectivity index (χ0) is 17.5. The molecule has 0 fully saturated rings. The summed E-state index contributed by atoms with van der Waals surface area (Å²) in [6.07, 6.45) is 6.36. The van der Waals surface area contributed by atoms with E-state index < -0.39 is 26.1 Å². The van der Waals surface area contributed by atoms with E-state index in [1.165, 1.54) is 12.3 Å². The number of nitrogens with zero attached hydrogens (tertiary/aromatic N) is 1. The quantitative estimate of drug-likeness (QED) is 0.367. The van der Waals surface area contributed by atoms with E-state index in [0.717, 1.165) is 18.1 Å². The number of pyridine rings is 1. The van der Waals surface area contributed by atoms with Gasteiger partial charge in [0.05, 0.1) is 24.7 Å². The van der Waals surface area contributed by atoms with Crippen molar-refractivity contribution in [3.05, 3.63) is 29.6 Å². The number of aromatic nitrogens is 1. The van der Waals surface area contributed by atoms with Crippen LogP contribution in [0.5, 0.6) is 0 Å². The maximum absolute atomic E-state index is 11.7. The zero-order valence-electron chi connectivity index (χ0n) is 12.7. The van der Waals surface area contributed by atoms with Gasteiger partial charge in [0.15, 0.2) is 0 Å². The summed E-state index contributed by atoms with van der Waals surface area (Å²) >= 11 is 0. The van der Waals surface area contributed by atoms with Crippen LogP contribution in [0.1, 0.15) is 28.8 Å². The summed E-state index contributed by atoms with van der Waals surface area (Å²) in [6.45, 7) is 0.0896. The number of carbonyl (C=O) groups excluding carboxylic acids is 1. The Morgan fingerprint density at radius 2 is 1.87 bits per heavy atom. The van der Waals surface area contributed by atoms with E-state index >= 15 is 0 Å². The van der Waals surface area contributed by atoms with Gasteiger partial charge >= 0.3 is 5.97 Å². The van der Waals surface area contributed by atoms with Crippen molar-refractivity contribution >= 4 is 26.1 Å². The van der Waals surface area contributed by atoms with Crippen LogP contribution in [-0.2, 0) is 35.6 Å². The highest BCUT2D eigenvalue weighted by Gasteiger charge is 2.11. The lowest BCUT2D eigenvalue weighted by Gasteiger charge is -2.05. The van der Waals surface area contributed by atoms with Crippen molar-refractivity contribution in [3.63, 3.8) is 0 Å². The lowest BCUT2D eigenvalue weighted by atomic mass is 10.1. The molecule has 0 amide bonds. The van der Waals surface area contributed by atoms with Gasteiger partial charge in [0, 0.05) is 12.4 Å². The second-order valence-corrected chi connectivity index (χ2v) is 8.17. The van der Waals surface area contributed by atoms with Crippen molar-refractivity contribution in [2.75, 3.05) is 19.1 Å². The number of nitrogens with one attached hydrogen (secondary N) is 1. The highest BCUT2D eigenvalue weighted by molar-refractivity contribution is 7.88. The second kappa shape index (κ2) is 8.34.